The fourth-order valence-corrected chi connectivity index (χ4v) is 0.325. The molecule has 0 aliphatic carbocycles. The fraction of sp³-hybridized carbons (Fsp3) is 0.600. The Balaban J connectivity index is 3.41. The SMILES string of the molecule is N#CCCC(O)C(=O)O. The van der Waals surface area contributed by atoms with E-state index in [-0.39, 0.29) is 12.8 Å². The second kappa shape index (κ2) is 3.87. The van der Waals surface area contributed by atoms with Crippen molar-refractivity contribution in [1.82, 2.24) is 0 Å². The zero-order valence-corrected chi connectivity index (χ0v) is 4.74. The largest absolute Gasteiger partial charge is 0.479 e. The summed E-state index contributed by atoms with van der Waals surface area (Å²) in [5, 5.41) is 24.5. The van der Waals surface area contributed by atoms with Gasteiger partial charge in [0.25, 0.3) is 0 Å². The van der Waals surface area contributed by atoms with Gasteiger partial charge in [-0.1, -0.05) is 0 Å². The minimum atomic E-state index is -1.38. The topological polar surface area (TPSA) is 81.3 Å². The van der Waals surface area contributed by atoms with E-state index in [2.05, 4.69) is 0 Å². The van der Waals surface area contributed by atoms with Crippen molar-refractivity contribution in [3.8, 4) is 6.07 Å². The van der Waals surface area contributed by atoms with Crippen LogP contribution in [0, 0.1) is 11.3 Å². The van der Waals surface area contributed by atoms with Gasteiger partial charge in [-0.2, -0.15) is 5.26 Å². The van der Waals surface area contributed by atoms with Gasteiger partial charge < -0.3 is 10.2 Å². The molecule has 0 spiro atoms. The lowest BCUT2D eigenvalue weighted by atomic mass is 10.2. The molecule has 2 N–H and O–H groups in total. The lowest BCUT2D eigenvalue weighted by Crippen LogP contribution is -2.18. The van der Waals surface area contributed by atoms with Gasteiger partial charge in [0.15, 0.2) is 6.10 Å². The van der Waals surface area contributed by atoms with Crippen molar-refractivity contribution >= 4 is 5.97 Å². The maximum atomic E-state index is 9.85. The number of nitriles is 1. The summed E-state index contributed by atoms with van der Waals surface area (Å²) in [5.41, 5.74) is 0. The van der Waals surface area contributed by atoms with Crippen LogP contribution in [0.3, 0.4) is 0 Å². The average Bonchev–Trinajstić information content (AvgIpc) is 1.82. The summed E-state index contributed by atoms with van der Waals surface area (Å²) in [6.45, 7) is 0. The predicted molar refractivity (Wildman–Crippen MR) is 28.5 cm³/mol. The van der Waals surface area contributed by atoms with Crippen LogP contribution in [-0.2, 0) is 4.79 Å². The van der Waals surface area contributed by atoms with Crippen molar-refractivity contribution < 1.29 is 15.0 Å². The van der Waals surface area contributed by atoms with Gasteiger partial charge in [0.2, 0.25) is 0 Å². The van der Waals surface area contributed by atoms with E-state index >= 15 is 0 Å². The molecule has 0 aliphatic heterocycles. The summed E-state index contributed by atoms with van der Waals surface area (Å²) in [5.74, 6) is -1.27. The molecule has 0 radical (unpaired) electrons. The highest BCUT2D eigenvalue weighted by Gasteiger charge is 2.10. The summed E-state index contributed by atoms with van der Waals surface area (Å²) in [6, 6.07) is 1.73. The molecule has 9 heavy (non-hydrogen) atoms. The highest BCUT2D eigenvalue weighted by Crippen LogP contribution is 1.94. The normalized spacial score (nSPS) is 12.0. The highest BCUT2D eigenvalue weighted by molar-refractivity contribution is 5.71. The van der Waals surface area contributed by atoms with Crippen LogP contribution in [0.15, 0.2) is 0 Å². The second-order valence-electron chi connectivity index (χ2n) is 1.55. The number of carbonyl (C=O) groups is 1. The molecule has 50 valence electrons. The third-order valence-corrected chi connectivity index (χ3v) is 0.815. The van der Waals surface area contributed by atoms with E-state index in [0.29, 0.717) is 0 Å². The molecular formula is C5H7NO3. The summed E-state index contributed by atoms with van der Waals surface area (Å²) >= 11 is 0. The Hall–Kier alpha value is -1.08. The Labute approximate surface area is 52.3 Å². The molecule has 4 nitrogen and oxygen atoms in total. The highest BCUT2D eigenvalue weighted by atomic mass is 16.4. The molecule has 0 saturated carbocycles. The monoisotopic (exact) mass is 129 g/mol. The second-order valence-corrected chi connectivity index (χ2v) is 1.55. The minimum Gasteiger partial charge on any atom is -0.479 e. The van der Waals surface area contributed by atoms with Crippen molar-refractivity contribution in [3.63, 3.8) is 0 Å². The first-order valence-electron chi connectivity index (χ1n) is 2.46. The van der Waals surface area contributed by atoms with Crippen molar-refractivity contribution in [1.29, 1.82) is 5.26 Å². The number of aliphatic hydroxyl groups is 1. The molecule has 0 rings (SSSR count). The Morgan fingerprint density at radius 1 is 1.78 bits per heavy atom. The third-order valence-electron chi connectivity index (χ3n) is 0.815. The van der Waals surface area contributed by atoms with Gasteiger partial charge in [-0.15, -0.1) is 0 Å². The van der Waals surface area contributed by atoms with E-state index in [9.17, 15) is 4.79 Å². The number of hydrogen-bond acceptors (Lipinski definition) is 3. The molecule has 0 amide bonds. The number of carboxylic acids is 1. The van der Waals surface area contributed by atoms with Crippen LogP contribution in [0.2, 0.25) is 0 Å². The number of carboxylic acid groups (broad SMARTS) is 1. The summed E-state index contributed by atoms with van der Waals surface area (Å²) in [6.07, 6.45) is -1.30. The summed E-state index contributed by atoms with van der Waals surface area (Å²) < 4.78 is 0. The number of rotatable bonds is 3. The zero-order valence-electron chi connectivity index (χ0n) is 4.74. The Bertz CT molecular complexity index is 138. The molecule has 4 heteroatoms. The van der Waals surface area contributed by atoms with E-state index < -0.39 is 12.1 Å². The first-order valence-corrected chi connectivity index (χ1v) is 2.46. The average molecular weight is 129 g/mol. The van der Waals surface area contributed by atoms with Crippen LogP contribution in [0.5, 0.6) is 0 Å². The van der Waals surface area contributed by atoms with Crippen molar-refractivity contribution in [3.05, 3.63) is 0 Å². The van der Waals surface area contributed by atoms with Crippen LogP contribution in [0.25, 0.3) is 0 Å². The van der Waals surface area contributed by atoms with Crippen molar-refractivity contribution in [2.45, 2.75) is 18.9 Å². The molecule has 0 aromatic heterocycles. The summed E-state index contributed by atoms with van der Waals surface area (Å²) in [4.78, 5) is 9.85. The van der Waals surface area contributed by atoms with Gasteiger partial charge in [0, 0.05) is 6.42 Å². The van der Waals surface area contributed by atoms with Crippen molar-refractivity contribution in [2.24, 2.45) is 0 Å². The van der Waals surface area contributed by atoms with Gasteiger partial charge in [-0.05, 0) is 6.42 Å². The van der Waals surface area contributed by atoms with Gasteiger partial charge in [0.05, 0.1) is 6.07 Å². The minimum absolute atomic E-state index is 0.00579. The third kappa shape index (κ3) is 3.50. The standard InChI is InChI=1S/C5H7NO3/c6-3-1-2-4(7)5(8)9/h4,7H,1-2H2,(H,8,9). The van der Waals surface area contributed by atoms with Gasteiger partial charge in [-0.3, -0.25) is 0 Å². The predicted octanol–water partition coefficient (Wildman–Crippen LogP) is -0.264. The molecular weight excluding hydrogens is 122 g/mol. The maximum absolute atomic E-state index is 9.85. The Morgan fingerprint density at radius 3 is 2.67 bits per heavy atom. The first kappa shape index (κ1) is 7.92. The van der Waals surface area contributed by atoms with Crippen LogP contribution in [0.1, 0.15) is 12.8 Å². The maximum Gasteiger partial charge on any atom is 0.332 e. The Morgan fingerprint density at radius 2 is 2.33 bits per heavy atom. The van der Waals surface area contributed by atoms with Crippen LogP contribution in [0.4, 0.5) is 0 Å². The molecule has 0 fully saturated rings. The van der Waals surface area contributed by atoms with E-state index in [1.807, 2.05) is 0 Å². The quantitative estimate of drug-likeness (QED) is 0.549. The Kier molecular flexibility index (Phi) is 3.40. The van der Waals surface area contributed by atoms with E-state index in [0.717, 1.165) is 0 Å². The lowest BCUT2D eigenvalue weighted by molar-refractivity contribution is -0.146. The molecule has 0 aliphatic rings. The van der Waals surface area contributed by atoms with Gasteiger partial charge in [-0.25, -0.2) is 4.79 Å². The van der Waals surface area contributed by atoms with Gasteiger partial charge in [0.1, 0.15) is 0 Å². The molecule has 1 unspecified atom stereocenters. The number of nitrogens with zero attached hydrogens (tertiary/aromatic N) is 1. The van der Waals surface area contributed by atoms with Gasteiger partial charge >= 0.3 is 5.97 Å². The zero-order chi connectivity index (χ0) is 7.28. The molecule has 0 aromatic carbocycles. The molecule has 0 bridgehead atoms. The van der Waals surface area contributed by atoms with Crippen LogP contribution >= 0.6 is 0 Å². The molecule has 1 atom stereocenters. The van der Waals surface area contributed by atoms with Crippen LogP contribution in [-0.4, -0.2) is 22.3 Å². The van der Waals surface area contributed by atoms with E-state index in [1.165, 1.54) is 0 Å². The number of aliphatic carboxylic acids is 1. The van der Waals surface area contributed by atoms with Crippen LogP contribution < -0.4 is 0 Å². The number of aliphatic hydroxyl groups excluding tert-OH is 1. The van der Waals surface area contributed by atoms with E-state index in [4.69, 9.17) is 15.5 Å². The molecule has 0 heterocycles. The fourth-order valence-electron chi connectivity index (χ4n) is 0.325. The smallest absolute Gasteiger partial charge is 0.332 e. The van der Waals surface area contributed by atoms with E-state index in [1.54, 1.807) is 6.07 Å². The molecule has 0 saturated heterocycles. The van der Waals surface area contributed by atoms with Crippen molar-refractivity contribution in [2.75, 3.05) is 0 Å². The lowest BCUT2D eigenvalue weighted by Gasteiger charge is -1.98. The summed E-state index contributed by atoms with van der Waals surface area (Å²) in [7, 11) is 0. The molecule has 0 aromatic rings. The number of hydrogen-bond donors (Lipinski definition) is 2. The first-order chi connectivity index (χ1) is 4.18.